The SMILES string of the molecule is CC.CN(N)C=O.Cc1cccc(N(C)N)c1COc1ccc(O)cc1C(F)F. The Hall–Kier alpha value is -2.91. The average molecular weight is 412 g/mol. The van der Waals surface area contributed by atoms with Crippen LogP contribution in [-0.2, 0) is 11.4 Å². The molecule has 0 bridgehead atoms. The van der Waals surface area contributed by atoms with E-state index in [-0.39, 0.29) is 23.7 Å². The van der Waals surface area contributed by atoms with Gasteiger partial charge in [0.2, 0.25) is 6.41 Å². The van der Waals surface area contributed by atoms with Crippen molar-refractivity contribution in [2.24, 2.45) is 11.7 Å². The number of hydrogen-bond acceptors (Lipinski definition) is 6. The molecule has 0 aliphatic carbocycles. The van der Waals surface area contributed by atoms with Crippen molar-refractivity contribution >= 4 is 12.1 Å². The van der Waals surface area contributed by atoms with Crippen LogP contribution in [-0.4, -0.2) is 30.6 Å². The normalized spacial score (nSPS) is 9.59. The fourth-order valence-corrected chi connectivity index (χ4v) is 2.19. The molecule has 0 atom stereocenters. The number of nitrogens with zero attached hydrogens (tertiary/aromatic N) is 2. The maximum atomic E-state index is 13.0. The number of amides is 1. The third-order valence-corrected chi connectivity index (χ3v) is 3.53. The monoisotopic (exact) mass is 412 g/mol. The van der Waals surface area contributed by atoms with Gasteiger partial charge < -0.3 is 14.9 Å². The van der Waals surface area contributed by atoms with Crippen LogP contribution >= 0.6 is 0 Å². The lowest BCUT2D eigenvalue weighted by Gasteiger charge is -2.20. The second-order valence-electron chi connectivity index (χ2n) is 5.77. The van der Waals surface area contributed by atoms with Crippen LogP contribution in [0.3, 0.4) is 0 Å². The van der Waals surface area contributed by atoms with Crippen LogP contribution in [0.5, 0.6) is 11.5 Å². The number of nitrogens with two attached hydrogens (primary N) is 2. The quantitative estimate of drug-likeness (QED) is 0.290. The molecule has 5 N–H and O–H groups in total. The summed E-state index contributed by atoms with van der Waals surface area (Å²) in [5, 5.41) is 11.7. The van der Waals surface area contributed by atoms with Crippen LogP contribution in [0.1, 0.15) is 37.0 Å². The van der Waals surface area contributed by atoms with Gasteiger partial charge in [0.25, 0.3) is 6.43 Å². The molecule has 0 aliphatic rings. The Morgan fingerprint density at radius 1 is 1.17 bits per heavy atom. The number of rotatable bonds is 6. The molecule has 0 saturated carbocycles. The largest absolute Gasteiger partial charge is 0.508 e. The molecule has 0 aromatic heterocycles. The van der Waals surface area contributed by atoms with Gasteiger partial charge in [0.15, 0.2) is 0 Å². The van der Waals surface area contributed by atoms with Gasteiger partial charge in [-0.2, -0.15) is 0 Å². The number of halogens is 2. The van der Waals surface area contributed by atoms with E-state index >= 15 is 0 Å². The van der Waals surface area contributed by atoms with E-state index in [0.29, 0.717) is 6.41 Å². The topological polar surface area (TPSA) is 105 Å². The number of carbonyl (C=O) groups excluding carboxylic acids is 1. The maximum absolute atomic E-state index is 13.0. The van der Waals surface area contributed by atoms with Gasteiger partial charge in [0.1, 0.15) is 18.1 Å². The zero-order valence-corrected chi connectivity index (χ0v) is 17.4. The molecule has 2 aromatic carbocycles. The molecule has 0 radical (unpaired) electrons. The smallest absolute Gasteiger partial charge is 0.267 e. The fourth-order valence-electron chi connectivity index (χ4n) is 2.19. The number of hydrazine groups is 2. The molecule has 0 heterocycles. The van der Waals surface area contributed by atoms with Gasteiger partial charge in [-0.05, 0) is 36.8 Å². The van der Waals surface area contributed by atoms with E-state index in [1.165, 1.54) is 24.2 Å². The molecule has 2 rings (SSSR count). The third kappa shape index (κ3) is 8.75. The van der Waals surface area contributed by atoms with Crippen LogP contribution in [0.4, 0.5) is 14.5 Å². The molecular formula is C20H30F2N4O3. The van der Waals surface area contributed by atoms with E-state index in [9.17, 15) is 18.7 Å². The number of anilines is 1. The van der Waals surface area contributed by atoms with Crippen LogP contribution in [0, 0.1) is 6.92 Å². The number of aromatic hydroxyl groups is 1. The predicted molar refractivity (Wildman–Crippen MR) is 111 cm³/mol. The number of benzene rings is 2. The Balaban J connectivity index is 0.000000977. The minimum Gasteiger partial charge on any atom is -0.508 e. The number of aryl methyl sites for hydroxylation is 1. The molecule has 162 valence electrons. The number of alkyl halides is 2. The average Bonchev–Trinajstić information content (AvgIpc) is 2.69. The number of phenolic OH excluding ortho intramolecular Hbond substituents is 1. The van der Waals surface area contributed by atoms with Gasteiger partial charge in [0, 0.05) is 19.7 Å². The lowest BCUT2D eigenvalue weighted by atomic mass is 10.1. The summed E-state index contributed by atoms with van der Waals surface area (Å²) in [6.07, 6.45) is -2.20. The lowest BCUT2D eigenvalue weighted by Crippen LogP contribution is -2.26. The lowest BCUT2D eigenvalue weighted by molar-refractivity contribution is -0.117. The number of carbonyl (C=O) groups is 1. The highest BCUT2D eigenvalue weighted by molar-refractivity contribution is 5.55. The van der Waals surface area contributed by atoms with Crippen LogP contribution in [0.15, 0.2) is 36.4 Å². The molecule has 9 heteroatoms. The maximum Gasteiger partial charge on any atom is 0.267 e. The van der Waals surface area contributed by atoms with E-state index in [1.54, 1.807) is 7.05 Å². The summed E-state index contributed by atoms with van der Waals surface area (Å²) in [7, 11) is 3.16. The number of hydrogen-bond donors (Lipinski definition) is 3. The van der Waals surface area contributed by atoms with Gasteiger partial charge in [-0.3, -0.25) is 9.80 Å². The molecule has 7 nitrogen and oxygen atoms in total. The summed E-state index contributed by atoms with van der Waals surface area (Å²) in [5.41, 5.74) is 2.20. The van der Waals surface area contributed by atoms with Gasteiger partial charge in [0.05, 0.1) is 11.3 Å². The van der Waals surface area contributed by atoms with Gasteiger partial charge in [-0.1, -0.05) is 26.0 Å². The summed E-state index contributed by atoms with van der Waals surface area (Å²) in [5.74, 6) is 10.4. The molecule has 0 fully saturated rings. The van der Waals surface area contributed by atoms with Crippen molar-refractivity contribution in [2.45, 2.75) is 33.8 Å². The Kier molecular flexibility index (Phi) is 12.0. The second-order valence-corrected chi connectivity index (χ2v) is 5.77. The van der Waals surface area contributed by atoms with E-state index in [1.807, 2.05) is 39.0 Å². The van der Waals surface area contributed by atoms with Crippen LogP contribution in [0.25, 0.3) is 0 Å². The Morgan fingerprint density at radius 2 is 1.76 bits per heavy atom. The molecule has 2 aromatic rings. The first-order valence-electron chi connectivity index (χ1n) is 8.91. The highest BCUT2D eigenvalue weighted by Gasteiger charge is 2.16. The summed E-state index contributed by atoms with van der Waals surface area (Å²) in [6.45, 7) is 6.00. The molecule has 0 saturated heterocycles. The summed E-state index contributed by atoms with van der Waals surface area (Å²) in [6, 6.07) is 9.25. The first kappa shape index (κ1) is 26.1. The zero-order chi connectivity index (χ0) is 22.6. The van der Waals surface area contributed by atoms with Crippen LogP contribution < -0.4 is 21.4 Å². The second kappa shape index (κ2) is 13.3. The Bertz CT molecular complexity index is 757. The molecule has 29 heavy (non-hydrogen) atoms. The summed E-state index contributed by atoms with van der Waals surface area (Å²) in [4.78, 5) is 9.31. The van der Waals surface area contributed by atoms with Crippen molar-refractivity contribution in [1.82, 2.24) is 5.01 Å². The van der Waals surface area contributed by atoms with E-state index in [2.05, 4.69) is 0 Å². The van der Waals surface area contributed by atoms with Crippen molar-refractivity contribution in [1.29, 1.82) is 0 Å². The number of phenols is 1. The first-order chi connectivity index (χ1) is 13.7. The highest BCUT2D eigenvalue weighted by Crippen LogP contribution is 2.33. The van der Waals surface area contributed by atoms with E-state index < -0.39 is 6.43 Å². The van der Waals surface area contributed by atoms with Gasteiger partial charge in [-0.15, -0.1) is 0 Å². The van der Waals surface area contributed by atoms with E-state index in [0.717, 1.165) is 27.9 Å². The molecule has 0 unspecified atom stereocenters. The molecule has 0 aliphatic heterocycles. The van der Waals surface area contributed by atoms with Crippen molar-refractivity contribution < 1.29 is 23.4 Å². The number of ether oxygens (including phenoxy) is 1. The minimum atomic E-state index is -2.73. The highest BCUT2D eigenvalue weighted by atomic mass is 19.3. The van der Waals surface area contributed by atoms with Crippen molar-refractivity contribution in [3.05, 3.63) is 53.1 Å². The van der Waals surface area contributed by atoms with Gasteiger partial charge >= 0.3 is 0 Å². The fraction of sp³-hybridized carbons (Fsp3) is 0.350. The van der Waals surface area contributed by atoms with Crippen molar-refractivity contribution in [3.63, 3.8) is 0 Å². The predicted octanol–water partition coefficient (Wildman–Crippen LogP) is 3.50. The van der Waals surface area contributed by atoms with E-state index in [4.69, 9.17) is 16.4 Å². The summed E-state index contributed by atoms with van der Waals surface area (Å²) >= 11 is 0. The van der Waals surface area contributed by atoms with Crippen LogP contribution in [0.2, 0.25) is 0 Å². The van der Waals surface area contributed by atoms with Crippen molar-refractivity contribution in [2.75, 3.05) is 19.1 Å². The standard InChI is InChI=1S/C16H18F2N2O2.C2H6N2O.C2H6/c1-10-4-3-5-14(20(2)19)13(10)9-22-15-7-6-11(21)8-12(15)16(17)18;1-4(3)2-5;1-2/h3-8,16,21H,9,19H2,1-2H3;2H,3H2,1H3;1-2H3. The third-order valence-electron chi connectivity index (χ3n) is 3.53. The minimum absolute atomic E-state index is 0.0432. The Labute approximate surface area is 170 Å². The Morgan fingerprint density at radius 3 is 2.24 bits per heavy atom. The molecule has 1 amide bonds. The zero-order valence-electron chi connectivity index (χ0n) is 17.4. The molecule has 0 spiro atoms. The summed E-state index contributed by atoms with van der Waals surface area (Å²) < 4.78 is 31.5. The van der Waals surface area contributed by atoms with Crippen molar-refractivity contribution in [3.8, 4) is 11.5 Å². The van der Waals surface area contributed by atoms with Gasteiger partial charge in [-0.25, -0.2) is 20.5 Å². The molecular weight excluding hydrogens is 382 g/mol. The first-order valence-corrected chi connectivity index (χ1v) is 8.91.